The molecule has 0 saturated carbocycles. The van der Waals surface area contributed by atoms with Crippen LogP contribution in [0.3, 0.4) is 0 Å². The summed E-state index contributed by atoms with van der Waals surface area (Å²) in [7, 11) is -8.15. The van der Waals surface area contributed by atoms with Crippen molar-refractivity contribution in [1.82, 2.24) is 0 Å². The topological polar surface area (TPSA) is 143 Å². The van der Waals surface area contributed by atoms with Crippen molar-refractivity contribution in [3.8, 4) is 0 Å². The van der Waals surface area contributed by atoms with Crippen LogP contribution in [-0.4, -0.2) is 39.0 Å². The van der Waals surface area contributed by atoms with E-state index in [1.54, 1.807) is 0 Å². The van der Waals surface area contributed by atoms with Crippen molar-refractivity contribution in [2.75, 3.05) is 0 Å². The molecule has 30 heavy (non-hydrogen) atoms. The lowest BCUT2D eigenvalue weighted by atomic mass is 10.2. The maximum Gasteiger partial charge on any atom is 0.335 e. The van der Waals surface area contributed by atoms with Crippen molar-refractivity contribution in [1.29, 1.82) is 0 Å². The van der Waals surface area contributed by atoms with Crippen LogP contribution in [0.2, 0.25) is 0 Å². The molecule has 0 amide bonds. The van der Waals surface area contributed by atoms with Gasteiger partial charge in [-0.3, -0.25) is 0 Å². The fraction of sp³-hybridized carbons (Fsp3) is 0. The zero-order chi connectivity index (χ0) is 22.1. The lowest BCUT2D eigenvalue weighted by Gasteiger charge is -2.08. The molecule has 0 unspecified atom stereocenters. The van der Waals surface area contributed by atoms with E-state index in [0.29, 0.717) is 0 Å². The molecule has 2 N–H and O–H groups in total. The number of hydrogen-bond acceptors (Lipinski definition) is 6. The molecule has 154 valence electrons. The van der Waals surface area contributed by atoms with Crippen molar-refractivity contribution < 1.29 is 36.6 Å². The van der Waals surface area contributed by atoms with Gasteiger partial charge in [-0.25, -0.2) is 26.4 Å². The normalized spacial score (nSPS) is 11.7. The minimum Gasteiger partial charge on any atom is -0.478 e. The average molecular weight is 446 g/mol. The van der Waals surface area contributed by atoms with Crippen molar-refractivity contribution in [2.24, 2.45) is 0 Å². The molecule has 10 heteroatoms. The van der Waals surface area contributed by atoms with Crippen LogP contribution in [0.1, 0.15) is 20.7 Å². The van der Waals surface area contributed by atoms with Gasteiger partial charge in [-0.15, -0.1) is 0 Å². The zero-order valence-electron chi connectivity index (χ0n) is 15.1. The predicted molar refractivity (Wildman–Crippen MR) is 104 cm³/mol. The fourth-order valence-electron chi connectivity index (χ4n) is 2.66. The van der Waals surface area contributed by atoms with E-state index in [0.717, 1.165) is 36.4 Å². The molecular weight excluding hydrogens is 432 g/mol. The van der Waals surface area contributed by atoms with Crippen LogP contribution in [0, 0.1) is 0 Å². The molecule has 0 radical (unpaired) electrons. The molecule has 0 aliphatic heterocycles. The summed E-state index contributed by atoms with van der Waals surface area (Å²) in [5.41, 5.74) is -0.401. The van der Waals surface area contributed by atoms with Crippen molar-refractivity contribution in [2.45, 2.75) is 19.6 Å². The number of aromatic carboxylic acids is 2. The Labute approximate surface area is 171 Å². The van der Waals surface area contributed by atoms with Crippen LogP contribution in [0.4, 0.5) is 0 Å². The van der Waals surface area contributed by atoms with Gasteiger partial charge < -0.3 is 10.2 Å². The molecule has 0 saturated heterocycles. The number of carboxylic acid groups (broad SMARTS) is 2. The zero-order valence-corrected chi connectivity index (χ0v) is 16.7. The number of rotatable bonds is 6. The highest BCUT2D eigenvalue weighted by atomic mass is 32.2. The van der Waals surface area contributed by atoms with Gasteiger partial charge in [0.05, 0.1) is 30.7 Å². The second-order valence-corrected chi connectivity index (χ2v) is 10.0. The lowest BCUT2D eigenvalue weighted by molar-refractivity contribution is 0.0685. The Bertz CT molecular complexity index is 1250. The molecule has 3 aromatic rings. The Morgan fingerprint density at radius 2 is 0.867 bits per heavy atom. The van der Waals surface area contributed by atoms with Crippen LogP contribution in [-0.2, 0) is 19.7 Å². The van der Waals surface area contributed by atoms with Gasteiger partial charge in [-0.1, -0.05) is 12.1 Å². The first-order valence-electron chi connectivity index (χ1n) is 8.30. The number of benzene rings is 3. The number of carboxylic acids is 2. The second kappa shape index (κ2) is 7.73. The Hall–Kier alpha value is -3.50. The van der Waals surface area contributed by atoms with Crippen LogP contribution in [0.15, 0.2) is 92.4 Å². The van der Waals surface area contributed by atoms with Gasteiger partial charge in [0.2, 0.25) is 19.7 Å². The maximum atomic E-state index is 12.8. The molecule has 3 aromatic carbocycles. The first-order valence-corrected chi connectivity index (χ1v) is 11.3. The van der Waals surface area contributed by atoms with Crippen molar-refractivity contribution in [3.63, 3.8) is 0 Å². The van der Waals surface area contributed by atoms with Crippen LogP contribution >= 0.6 is 0 Å². The number of hydrogen-bond donors (Lipinski definition) is 2. The Morgan fingerprint density at radius 1 is 0.533 bits per heavy atom. The molecule has 0 aliphatic rings. The molecule has 0 aliphatic carbocycles. The predicted octanol–water partition coefficient (Wildman–Crippen LogP) is 2.75. The van der Waals surface area contributed by atoms with E-state index in [9.17, 15) is 26.4 Å². The molecule has 0 aromatic heterocycles. The summed E-state index contributed by atoms with van der Waals surface area (Å²) in [6.07, 6.45) is 0. The minimum atomic E-state index is -4.08. The average Bonchev–Trinajstić information content (AvgIpc) is 2.74. The number of sulfone groups is 2. The van der Waals surface area contributed by atoms with Gasteiger partial charge in [-0.05, 0) is 60.7 Å². The van der Waals surface area contributed by atoms with Crippen LogP contribution in [0.25, 0.3) is 0 Å². The molecule has 0 spiro atoms. The summed E-state index contributed by atoms with van der Waals surface area (Å²) in [4.78, 5) is 21.2. The van der Waals surface area contributed by atoms with E-state index >= 15 is 0 Å². The van der Waals surface area contributed by atoms with E-state index < -0.39 is 31.6 Å². The van der Waals surface area contributed by atoms with E-state index in [1.165, 1.54) is 36.4 Å². The van der Waals surface area contributed by atoms with E-state index in [2.05, 4.69) is 0 Å². The fourth-order valence-corrected chi connectivity index (χ4v) is 5.28. The number of carbonyl (C=O) groups is 2. The second-order valence-electron chi connectivity index (χ2n) is 6.14. The molecule has 0 bridgehead atoms. The van der Waals surface area contributed by atoms with Crippen LogP contribution in [0.5, 0.6) is 0 Å². The third kappa shape index (κ3) is 3.95. The lowest BCUT2D eigenvalue weighted by Crippen LogP contribution is -2.07. The van der Waals surface area contributed by atoms with Gasteiger partial charge in [0, 0.05) is 0 Å². The third-order valence-corrected chi connectivity index (χ3v) is 7.76. The van der Waals surface area contributed by atoms with Crippen molar-refractivity contribution in [3.05, 3.63) is 83.9 Å². The largest absolute Gasteiger partial charge is 0.478 e. The molecule has 0 heterocycles. The van der Waals surface area contributed by atoms with Gasteiger partial charge in [0.1, 0.15) is 0 Å². The summed E-state index contributed by atoms with van der Waals surface area (Å²) in [6.45, 7) is 0. The SMILES string of the molecule is O=C(O)c1cccc(S(=O)(=O)c2ccc(S(=O)(=O)c3cccc(C(=O)O)c3)cc2)c1. The Morgan fingerprint density at radius 3 is 1.17 bits per heavy atom. The van der Waals surface area contributed by atoms with E-state index in [1.807, 2.05) is 0 Å². The first kappa shape index (κ1) is 21.2. The van der Waals surface area contributed by atoms with Crippen molar-refractivity contribution >= 4 is 31.6 Å². The maximum absolute atomic E-state index is 12.8. The molecule has 3 rings (SSSR count). The summed E-state index contributed by atoms with van der Waals surface area (Å²) in [5.74, 6) is -2.56. The molecule has 8 nitrogen and oxygen atoms in total. The van der Waals surface area contributed by atoms with Crippen LogP contribution < -0.4 is 0 Å². The molecular formula is C20H14O8S2. The van der Waals surface area contributed by atoms with Gasteiger partial charge in [0.25, 0.3) is 0 Å². The van der Waals surface area contributed by atoms with Gasteiger partial charge in [0.15, 0.2) is 0 Å². The summed E-state index contributed by atoms with van der Waals surface area (Å²) < 4.78 is 51.0. The molecule has 0 fully saturated rings. The highest BCUT2D eigenvalue weighted by Crippen LogP contribution is 2.26. The third-order valence-electron chi connectivity index (χ3n) is 4.23. The quantitative estimate of drug-likeness (QED) is 0.588. The Balaban J connectivity index is 2.00. The van der Waals surface area contributed by atoms with E-state index in [4.69, 9.17) is 10.2 Å². The summed E-state index contributed by atoms with van der Waals surface area (Å²) in [6, 6.07) is 14.0. The monoisotopic (exact) mass is 446 g/mol. The summed E-state index contributed by atoms with van der Waals surface area (Å²) in [5, 5.41) is 18.1. The minimum absolute atomic E-state index is 0.200. The van der Waals surface area contributed by atoms with E-state index in [-0.39, 0.29) is 30.7 Å². The Kier molecular flexibility index (Phi) is 5.47. The molecule has 0 atom stereocenters. The summed E-state index contributed by atoms with van der Waals surface area (Å²) >= 11 is 0. The highest BCUT2D eigenvalue weighted by Gasteiger charge is 2.23. The smallest absolute Gasteiger partial charge is 0.335 e. The first-order chi connectivity index (χ1) is 14.0. The standard InChI is InChI=1S/C20H14O8S2/c21-19(22)13-3-1-5-17(11-13)29(25,26)15-7-9-16(10-8-15)30(27,28)18-6-2-4-14(12-18)20(23)24/h1-12H,(H,21,22)(H,23,24). The van der Waals surface area contributed by atoms with Gasteiger partial charge >= 0.3 is 11.9 Å². The highest BCUT2D eigenvalue weighted by molar-refractivity contribution is 7.92. The van der Waals surface area contributed by atoms with Gasteiger partial charge in [-0.2, -0.15) is 0 Å².